The molecule has 0 saturated heterocycles. The highest BCUT2D eigenvalue weighted by atomic mass is 16.6. The van der Waals surface area contributed by atoms with Gasteiger partial charge >= 0.3 is 18.0 Å². The van der Waals surface area contributed by atoms with E-state index in [1.54, 1.807) is 20.8 Å². The minimum Gasteiger partial charge on any atom is -0.479 e. The lowest BCUT2D eigenvalue weighted by Gasteiger charge is -2.28. The van der Waals surface area contributed by atoms with Gasteiger partial charge in [-0.3, -0.25) is 0 Å². The molecule has 0 aliphatic rings. The number of aldehydes is 1. The molecular formula is C24H39N3O7. The lowest BCUT2D eigenvalue weighted by molar-refractivity contribution is -0.169. The first-order chi connectivity index (χ1) is 16.0. The van der Waals surface area contributed by atoms with Crippen LogP contribution in [0, 0.1) is 0 Å². The molecule has 1 aromatic rings. The van der Waals surface area contributed by atoms with Crippen LogP contribution in [0.1, 0.15) is 64.9 Å². The number of carboxylic acid groups (broad SMARTS) is 1. The van der Waals surface area contributed by atoms with Crippen molar-refractivity contribution in [1.82, 2.24) is 5.32 Å². The van der Waals surface area contributed by atoms with Gasteiger partial charge < -0.3 is 36.2 Å². The number of benzene rings is 1. The Labute approximate surface area is 201 Å². The summed E-state index contributed by atoms with van der Waals surface area (Å²) in [6.45, 7) is 6.05. The third kappa shape index (κ3) is 14.2. The number of hydrogen-bond donors (Lipinski definition) is 4. The van der Waals surface area contributed by atoms with Crippen molar-refractivity contribution in [1.29, 1.82) is 0 Å². The van der Waals surface area contributed by atoms with E-state index in [0.717, 1.165) is 24.7 Å². The van der Waals surface area contributed by atoms with E-state index in [1.165, 1.54) is 0 Å². The van der Waals surface area contributed by atoms with Crippen molar-refractivity contribution in [2.75, 3.05) is 13.1 Å². The molecule has 6 N–H and O–H groups in total. The zero-order valence-electron chi connectivity index (χ0n) is 20.4. The van der Waals surface area contributed by atoms with Gasteiger partial charge in [-0.05, 0) is 65.0 Å². The lowest BCUT2D eigenvalue weighted by atomic mass is 9.93. The van der Waals surface area contributed by atoms with E-state index >= 15 is 0 Å². The molecule has 0 saturated carbocycles. The summed E-state index contributed by atoms with van der Waals surface area (Å²) in [5.74, 6) is -2.41. The molecule has 10 heteroatoms. The molecule has 0 aliphatic heterocycles. The Morgan fingerprint density at radius 3 is 2.24 bits per heavy atom. The molecule has 192 valence electrons. The Balaban J connectivity index is 0.00000135. The molecule has 10 nitrogen and oxygen atoms in total. The molecular weight excluding hydrogens is 442 g/mol. The topological polar surface area (TPSA) is 171 Å². The summed E-state index contributed by atoms with van der Waals surface area (Å²) in [6, 6.07) is 9.26. The van der Waals surface area contributed by atoms with Gasteiger partial charge in [0.15, 0.2) is 0 Å². The van der Waals surface area contributed by atoms with Crippen molar-refractivity contribution >= 4 is 24.3 Å². The van der Waals surface area contributed by atoms with Gasteiger partial charge in [-0.15, -0.1) is 0 Å². The summed E-state index contributed by atoms with van der Waals surface area (Å²) in [5.41, 5.74) is 8.85. The molecule has 0 bridgehead atoms. The largest absolute Gasteiger partial charge is 0.479 e. The predicted molar refractivity (Wildman–Crippen MR) is 128 cm³/mol. The highest BCUT2D eigenvalue weighted by molar-refractivity contribution is 6.03. The van der Waals surface area contributed by atoms with Crippen molar-refractivity contribution in [2.24, 2.45) is 11.5 Å². The average Bonchev–Trinajstić information content (AvgIpc) is 2.77. The second-order valence-electron chi connectivity index (χ2n) is 8.68. The molecule has 34 heavy (non-hydrogen) atoms. The van der Waals surface area contributed by atoms with Crippen LogP contribution in [0.15, 0.2) is 30.3 Å². The van der Waals surface area contributed by atoms with Crippen molar-refractivity contribution in [3.63, 3.8) is 0 Å². The van der Waals surface area contributed by atoms with Crippen LogP contribution in [0.3, 0.4) is 0 Å². The van der Waals surface area contributed by atoms with Gasteiger partial charge in [0.05, 0.1) is 0 Å². The van der Waals surface area contributed by atoms with E-state index in [9.17, 15) is 24.3 Å². The van der Waals surface area contributed by atoms with Gasteiger partial charge in [-0.1, -0.05) is 30.3 Å². The Morgan fingerprint density at radius 2 is 1.71 bits per heavy atom. The molecule has 1 aromatic carbocycles. The maximum atomic E-state index is 12.1. The molecule has 1 atom stereocenters. The number of carbonyl (C=O) groups excluding carboxylic acids is 3. The quantitative estimate of drug-likeness (QED) is 0.143. The maximum Gasteiger partial charge on any atom is 0.407 e. The number of nitrogens with two attached hydrogens (primary N) is 2. The van der Waals surface area contributed by atoms with Crippen LogP contribution in [0.5, 0.6) is 0 Å². The Hall–Kier alpha value is -2.98. The van der Waals surface area contributed by atoms with Crippen LogP contribution in [-0.4, -0.2) is 53.7 Å². The molecule has 0 aliphatic carbocycles. The minimum atomic E-state index is -2.11. The van der Waals surface area contributed by atoms with Crippen LogP contribution in [0.4, 0.5) is 4.79 Å². The maximum absolute atomic E-state index is 12.1. The molecule has 0 unspecified atom stereocenters. The first-order valence-electron chi connectivity index (χ1n) is 11.3. The van der Waals surface area contributed by atoms with Gasteiger partial charge in [-0.25, -0.2) is 14.4 Å². The van der Waals surface area contributed by atoms with Crippen molar-refractivity contribution < 1.29 is 33.8 Å². The smallest absolute Gasteiger partial charge is 0.407 e. The zero-order valence-corrected chi connectivity index (χ0v) is 20.4. The fraction of sp³-hybridized carbons (Fsp3) is 0.583. The summed E-state index contributed by atoms with van der Waals surface area (Å²) < 4.78 is 10.2. The Bertz CT molecular complexity index is 751. The number of ether oxygens (including phenoxy) is 2. The van der Waals surface area contributed by atoms with Crippen LogP contribution < -0.4 is 16.8 Å². The van der Waals surface area contributed by atoms with Gasteiger partial charge in [0.2, 0.25) is 5.54 Å². The number of rotatable bonds is 13. The number of carbonyl (C=O) groups is 4. The summed E-state index contributed by atoms with van der Waals surface area (Å²) in [6.07, 6.45) is 3.60. The minimum absolute atomic E-state index is 0.0992. The molecule has 0 spiro atoms. The molecule has 0 fully saturated rings. The van der Waals surface area contributed by atoms with Crippen LogP contribution in [0.2, 0.25) is 0 Å². The standard InChI is InChI=1S/C19H28N2O6.C5H11NO/c1-18(2,3)27-16(24)19(20,15(22)23)11-7-8-12-21-17(25)26-13-14-9-5-4-6-10-14;6-4-2-1-3-5-7/h4-6,9-10H,7-8,11-13,20H2,1-3H3,(H,21,25)(H,22,23);5H,1-4,6H2/t19-;/m0./s1. The van der Waals surface area contributed by atoms with E-state index < -0.39 is 29.2 Å². The van der Waals surface area contributed by atoms with Crippen LogP contribution >= 0.6 is 0 Å². The van der Waals surface area contributed by atoms with Gasteiger partial charge in [0, 0.05) is 13.0 Å². The third-order valence-electron chi connectivity index (χ3n) is 4.40. The average molecular weight is 482 g/mol. The van der Waals surface area contributed by atoms with Gasteiger partial charge in [-0.2, -0.15) is 0 Å². The van der Waals surface area contributed by atoms with E-state index in [2.05, 4.69) is 5.32 Å². The fourth-order valence-electron chi connectivity index (χ4n) is 2.53. The summed E-state index contributed by atoms with van der Waals surface area (Å²) in [4.78, 5) is 44.8. The van der Waals surface area contributed by atoms with E-state index in [4.69, 9.17) is 20.9 Å². The summed E-state index contributed by atoms with van der Waals surface area (Å²) >= 11 is 0. The second kappa shape index (κ2) is 16.6. The normalized spacial score (nSPS) is 12.4. The predicted octanol–water partition coefficient (Wildman–Crippen LogP) is 2.52. The van der Waals surface area contributed by atoms with Crippen LogP contribution in [0.25, 0.3) is 0 Å². The number of amides is 1. The number of unbranched alkanes of at least 4 members (excludes halogenated alkanes) is 3. The number of carboxylic acids is 1. The number of alkyl carbamates (subject to hydrolysis) is 1. The number of nitrogens with one attached hydrogen (secondary N) is 1. The Kier molecular flexibility index (Phi) is 15.1. The van der Waals surface area contributed by atoms with Crippen molar-refractivity contribution in [3.05, 3.63) is 35.9 Å². The van der Waals surface area contributed by atoms with Gasteiger partial charge in [0.25, 0.3) is 0 Å². The van der Waals surface area contributed by atoms with E-state index in [1.807, 2.05) is 30.3 Å². The van der Waals surface area contributed by atoms with Crippen molar-refractivity contribution in [2.45, 2.75) is 77.0 Å². The number of aliphatic carboxylic acids is 1. The lowest BCUT2D eigenvalue weighted by Crippen LogP contribution is -2.57. The molecule has 0 heterocycles. The SMILES string of the molecule is CC(C)(C)OC(=O)[C@](N)(CCCCNC(=O)OCc1ccccc1)C(=O)O.NCCCCC=O. The molecule has 0 aromatic heterocycles. The zero-order chi connectivity index (χ0) is 26.0. The van der Waals surface area contributed by atoms with E-state index in [0.29, 0.717) is 25.8 Å². The molecule has 1 amide bonds. The molecule has 0 radical (unpaired) electrons. The number of hydrogen-bond acceptors (Lipinski definition) is 8. The Morgan fingerprint density at radius 1 is 1.06 bits per heavy atom. The molecule has 1 rings (SSSR count). The van der Waals surface area contributed by atoms with E-state index in [-0.39, 0.29) is 19.6 Å². The van der Waals surface area contributed by atoms with Crippen molar-refractivity contribution in [3.8, 4) is 0 Å². The summed E-state index contributed by atoms with van der Waals surface area (Å²) in [5, 5.41) is 11.9. The first kappa shape index (κ1) is 31.0. The third-order valence-corrected chi connectivity index (χ3v) is 4.40. The highest BCUT2D eigenvalue weighted by Crippen LogP contribution is 2.18. The summed E-state index contributed by atoms with van der Waals surface area (Å²) in [7, 11) is 0. The van der Waals surface area contributed by atoms with Crippen LogP contribution in [-0.2, 0) is 30.5 Å². The van der Waals surface area contributed by atoms with Gasteiger partial charge in [0.1, 0.15) is 18.5 Å². The number of esters is 1. The second-order valence-corrected chi connectivity index (χ2v) is 8.68. The highest BCUT2D eigenvalue weighted by Gasteiger charge is 2.44. The monoisotopic (exact) mass is 481 g/mol. The fourth-order valence-corrected chi connectivity index (χ4v) is 2.53. The first-order valence-corrected chi connectivity index (χ1v) is 11.3.